The van der Waals surface area contributed by atoms with Crippen molar-refractivity contribution in [2.45, 2.75) is 6.54 Å². The van der Waals surface area contributed by atoms with Gasteiger partial charge in [0.15, 0.2) is 0 Å². The first-order chi connectivity index (χ1) is 5.83. The number of carbonyl (C=O) groups excluding carboxylic acids is 1. The Morgan fingerprint density at radius 3 is 3.08 bits per heavy atom. The Morgan fingerprint density at radius 1 is 1.50 bits per heavy atom. The third-order valence-electron chi connectivity index (χ3n) is 1.94. The fraction of sp³-hybridized carbons (Fsp3) is 0.111. The molecule has 0 bridgehead atoms. The van der Waals surface area contributed by atoms with Crippen LogP contribution < -0.4 is 5.32 Å². The SMILES string of the molecule is N#Cc1cccc2c1C(=O)NC2. The van der Waals surface area contributed by atoms with Gasteiger partial charge in [-0.2, -0.15) is 5.26 Å². The molecule has 1 heterocycles. The quantitative estimate of drug-likeness (QED) is 0.607. The average molecular weight is 158 g/mol. The van der Waals surface area contributed by atoms with Crippen LogP contribution in [0.25, 0.3) is 0 Å². The summed E-state index contributed by atoms with van der Waals surface area (Å²) < 4.78 is 0. The van der Waals surface area contributed by atoms with Gasteiger partial charge < -0.3 is 5.32 Å². The number of hydrogen-bond acceptors (Lipinski definition) is 2. The van der Waals surface area contributed by atoms with Crippen LogP contribution in [0.1, 0.15) is 21.5 Å². The van der Waals surface area contributed by atoms with Gasteiger partial charge in [0.05, 0.1) is 17.2 Å². The summed E-state index contributed by atoms with van der Waals surface area (Å²) in [5.41, 5.74) is 1.92. The molecule has 0 unspecified atom stereocenters. The number of hydrogen-bond donors (Lipinski definition) is 1. The summed E-state index contributed by atoms with van der Waals surface area (Å²) in [4.78, 5) is 11.2. The van der Waals surface area contributed by atoms with Crippen LogP contribution in [-0.2, 0) is 6.54 Å². The number of amides is 1. The number of nitriles is 1. The monoisotopic (exact) mass is 158 g/mol. The maximum atomic E-state index is 11.2. The Bertz CT molecular complexity index is 390. The zero-order valence-corrected chi connectivity index (χ0v) is 6.29. The summed E-state index contributed by atoms with van der Waals surface area (Å²) in [5.74, 6) is -0.137. The molecule has 0 atom stereocenters. The topological polar surface area (TPSA) is 52.9 Å². The third-order valence-corrected chi connectivity index (χ3v) is 1.94. The molecule has 3 nitrogen and oxygen atoms in total. The number of rotatable bonds is 0. The third kappa shape index (κ3) is 0.785. The van der Waals surface area contributed by atoms with Crippen LogP contribution in [0.2, 0.25) is 0 Å². The lowest BCUT2D eigenvalue weighted by Crippen LogP contribution is -2.13. The molecule has 1 N–H and O–H groups in total. The largest absolute Gasteiger partial charge is 0.348 e. The van der Waals surface area contributed by atoms with Crippen LogP contribution in [0, 0.1) is 11.3 Å². The van der Waals surface area contributed by atoms with Gasteiger partial charge in [0.25, 0.3) is 5.91 Å². The number of nitrogens with zero attached hydrogens (tertiary/aromatic N) is 1. The van der Waals surface area contributed by atoms with Crippen molar-refractivity contribution in [2.24, 2.45) is 0 Å². The summed E-state index contributed by atoms with van der Waals surface area (Å²) in [6, 6.07) is 7.30. The van der Waals surface area contributed by atoms with E-state index >= 15 is 0 Å². The summed E-state index contributed by atoms with van der Waals surface area (Å²) >= 11 is 0. The van der Waals surface area contributed by atoms with Gasteiger partial charge in [-0.25, -0.2) is 0 Å². The molecule has 0 saturated carbocycles. The first kappa shape index (κ1) is 6.86. The molecule has 2 rings (SSSR count). The summed E-state index contributed by atoms with van der Waals surface area (Å²) in [6.07, 6.45) is 0. The van der Waals surface area contributed by atoms with Gasteiger partial charge in [-0.3, -0.25) is 4.79 Å². The molecule has 0 fully saturated rings. The molecule has 0 aliphatic carbocycles. The standard InChI is InChI=1S/C9H6N2O/c10-4-6-2-1-3-7-5-11-9(12)8(6)7/h1-3H,5H2,(H,11,12). The van der Waals surface area contributed by atoms with Crippen LogP contribution in [0.3, 0.4) is 0 Å². The fourth-order valence-corrected chi connectivity index (χ4v) is 1.37. The summed E-state index contributed by atoms with van der Waals surface area (Å²) in [7, 11) is 0. The van der Waals surface area contributed by atoms with E-state index in [0.29, 0.717) is 17.7 Å². The molecular weight excluding hydrogens is 152 g/mol. The number of carbonyl (C=O) groups is 1. The molecular formula is C9H6N2O. The minimum Gasteiger partial charge on any atom is -0.348 e. The predicted molar refractivity (Wildman–Crippen MR) is 42.3 cm³/mol. The molecule has 12 heavy (non-hydrogen) atoms. The minimum atomic E-state index is -0.137. The number of benzene rings is 1. The van der Waals surface area contributed by atoms with Crippen LogP contribution in [0.5, 0.6) is 0 Å². The normalized spacial score (nSPS) is 13.4. The zero-order chi connectivity index (χ0) is 8.55. The lowest BCUT2D eigenvalue weighted by Gasteiger charge is -1.95. The highest BCUT2D eigenvalue weighted by molar-refractivity contribution is 6.00. The maximum absolute atomic E-state index is 11.2. The van der Waals surface area contributed by atoms with Crippen LogP contribution in [-0.4, -0.2) is 5.91 Å². The summed E-state index contributed by atoms with van der Waals surface area (Å²) in [5, 5.41) is 11.4. The molecule has 1 aliphatic rings. The van der Waals surface area contributed by atoms with Crippen molar-refractivity contribution < 1.29 is 4.79 Å². The van der Waals surface area contributed by atoms with Crippen molar-refractivity contribution in [1.82, 2.24) is 5.32 Å². The van der Waals surface area contributed by atoms with E-state index in [4.69, 9.17) is 5.26 Å². The van der Waals surface area contributed by atoms with Crippen molar-refractivity contribution in [1.29, 1.82) is 5.26 Å². The molecule has 1 aliphatic heterocycles. The molecule has 3 heteroatoms. The van der Waals surface area contributed by atoms with E-state index in [1.165, 1.54) is 0 Å². The van der Waals surface area contributed by atoms with Crippen LogP contribution >= 0.6 is 0 Å². The fourth-order valence-electron chi connectivity index (χ4n) is 1.37. The number of nitrogens with one attached hydrogen (secondary N) is 1. The van der Waals surface area contributed by atoms with Gasteiger partial charge in [-0.15, -0.1) is 0 Å². The summed E-state index contributed by atoms with van der Waals surface area (Å²) in [6.45, 7) is 0.545. The van der Waals surface area contributed by atoms with E-state index in [1.807, 2.05) is 12.1 Å². The van der Waals surface area contributed by atoms with Gasteiger partial charge in [0.2, 0.25) is 0 Å². The van der Waals surface area contributed by atoms with Crippen molar-refractivity contribution in [2.75, 3.05) is 0 Å². The lowest BCUT2D eigenvalue weighted by atomic mass is 10.0. The Morgan fingerprint density at radius 2 is 2.33 bits per heavy atom. The first-order valence-electron chi connectivity index (χ1n) is 3.63. The van der Waals surface area contributed by atoms with E-state index in [0.717, 1.165) is 5.56 Å². The predicted octanol–water partition coefficient (Wildman–Crippen LogP) is 0.802. The van der Waals surface area contributed by atoms with Crippen molar-refractivity contribution in [3.05, 3.63) is 34.9 Å². The van der Waals surface area contributed by atoms with Crippen molar-refractivity contribution in [3.63, 3.8) is 0 Å². The van der Waals surface area contributed by atoms with Crippen LogP contribution in [0.4, 0.5) is 0 Å². The second-order valence-corrected chi connectivity index (χ2v) is 2.63. The highest BCUT2D eigenvalue weighted by atomic mass is 16.1. The van der Waals surface area contributed by atoms with Gasteiger partial charge in [0, 0.05) is 6.54 Å². The van der Waals surface area contributed by atoms with E-state index in [1.54, 1.807) is 12.1 Å². The Hall–Kier alpha value is -1.82. The van der Waals surface area contributed by atoms with Crippen molar-refractivity contribution >= 4 is 5.91 Å². The van der Waals surface area contributed by atoms with E-state index in [-0.39, 0.29) is 5.91 Å². The van der Waals surface area contributed by atoms with E-state index in [9.17, 15) is 4.79 Å². The molecule has 1 aromatic carbocycles. The highest BCUT2D eigenvalue weighted by Gasteiger charge is 2.21. The molecule has 1 amide bonds. The van der Waals surface area contributed by atoms with Crippen LogP contribution in [0.15, 0.2) is 18.2 Å². The lowest BCUT2D eigenvalue weighted by molar-refractivity contribution is 0.0965. The molecule has 58 valence electrons. The van der Waals surface area contributed by atoms with Gasteiger partial charge in [-0.1, -0.05) is 12.1 Å². The number of fused-ring (bicyclic) bond motifs is 1. The van der Waals surface area contributed by atoms with Crippen molar-refractivity contribution in [3.8, 4) is 6.07 Å². The van der Waals surface area contributed by atoms with Gasteiger partial charge in [-0.05, 0) is 11.6 Å². The average Bonchev–Trinajstić information content (AvgIpc) is 2.48. The van der Waals surface area contributed by atoms with Gasteiger partial charge in [0.1, 0.15) is 0 Å². The highest BCUT2D eigenvalue weighted by Crippen LogP contribution is 2.18. The Kier molecular flexibility index (Phi) is 1.34. The molecule has 0 aromatic heterocycles. The van der Waals surface area contributed by atoms with Gasteiger partial charge >= 0.3 is 0 Å². The molecule has 0 radical (unpaired) electrons. The smallest absolute Gasteiger partial charge is 0.253 e. The van der Waals surface area contributed by atoms with E-state index in [2.05, 4.69) is 5.32 Å². The maximum Gasteiger partial charge on any atom is 0.253 e. The Labute approximate surface area is 69.6 Å². The minimum absolute atomic E-state index is 0.137. The molecule has 1 aromatic rings. The second kappa shape index (κ2) is 2.35. The zero-order valence-electron chi connectivity index (χ0n) is 6.29. The first-order valence-corrected chi connectivity index (χ1v) is 3.63. The molecule has 0 saturated heterocycles. The second-order valence-electron chi connectivity index (χ2n) is 2.63. The Balaban J connectivity index is 2.70. The molecule has 0 spiro atoms. The van der Waals surface area contributed by atoms with E-state index < -0.39 is 0 Å².